The first kappa shape index (κ1) is 12.9. The summed E-state index contributed by atoms with van der Waals surface area (Å²) in [6.07, 6.45) is 3.51. The summed E-state index contributed by atoms with van der Waals surface area (Å²) >= 11 is 1.59. The van der Waals surface area contributed by atoms with Crippen molar-refractivity contribution in [3.8, 4) is 16.4 Å². The van der Waals surface area contributed by atoms with E-state index < -0.39 is 0 Å². The van der Waals surface area contributed by atoms with Gasteiger partial charge in [0.1, 0.15) is 11.4 Å². The van der Waals surface area contributed by atoms with Gasteiger partial charge in [-0.2, -0.15) is 4.68 Å². The van der Waals surface area contributed by atoms with Gasteiger partial charge in [0.2, 0.25) is 5.13 Å². The fraction of sp³-hybridized carbons (Fsp3) is 0.231. The van der Waals surface area contributed by atoms with Gasteiger partial charge in [0.25, 0.3) is 0 Å². The molecule has 0 radical (unpaired) electrons. The van der Waals surface area contributed by atoms with Gasteiger partial charge >= 0.3 is 0 Å². The highest BCUT2D eigenvalue weighted by molar-refractivity contribution is 7.14. The lowest BCUT2D eigenvalue weighted by Gasteiger charge is -2.04. The molecule has 3 heterocycles. The van der Waals surface area contributed by atoms with E-state index in [1.54, 1.807) is 28.4 Å². The van der Waals surface area contributed by atoms with Crippen molar-refractivity contribution < 1.29 is 0 Å². The monoisotopic (exact) mass is 286 g/mol. The summed E-state index contributed by atoms with van der Waals surface area (Å²) < 4.78 is 1.74. The Labute approximate surface area is 120 Å². The normalized spacial score (nSPS) is 10.9. The van der Waals surface area contributed by atoms with Gasteiger partial charge in [-0.1, -0.05) is 16.6 Å². The molecule has 0 aliphatic rings. The van der Waals surface area contributed by atoms with Gasteiger partial charge in [-0.15, -0.1) is 5.10 Å². The fourth-order valence-corrected chi connectivity index (χ4v) is 2.79. The van der Waals surface area contributed by atoms with E-state index in [0.717, 1.165) is 27.8 Å². The van der Waals surface area contributed by atoms with Crippen LogP contribution in [0.25, 0.3) is 16.4 Å². The van der Waals surface area contributed by atoms with Crippen LogP contribution >= 0.6 is 11.3 Å². The third-order valence-electron chi connectivity index (χ3n) is 3.07. The van der Waals surface area contributed by atoms with E-state index in [2.05, 4.69) is 20.3 Å². The van der Waals surface area contributed by atoms with Crippen LogP contribution in [-0.2, 0) is 6.54 Å². The highest BCUT2D eigenvalue weighted by atomic mass is 32.1. The van der Waals surface area contributed by atoms with Crippen molar-refractivity contribution in [2.75, 3.05) is 0 Å². The highest BCUT2D eigenvalue weighted by Crippen LogP contribution is 2.27. The zero-order valence-electron chi connectivity index (χ0n) is 11.2. The first-order chi connectivity index (χ1) is 9.70. The Balaban J connectivity index is 2.20. The van der Waals surface area contributed by atoms with Gasteiger partial charge in [0.15, 0.2) is 0 Å². The van der Waals surface area contributed by atoms with Crippen LogP contribution in [-0.4, -0.2) is 25.0 Å². The van der Waals surface area contributed by atoms with Crippen molar-refractivity contribution in [1.82, 2.24) is 25.0 Å². The van der Waals surface area contributed by atoms with Crippen molar-refractivity contribution in [2.45, 2.75) is 20.4 Å². The van der Waals surface area contributed by atoms with Crippen molar-refractivity contribution in [3.63, 3.8) is 0 Å². The predicted molar refractivity (Wildman–Crippen MR) is 77.6 cm³/mol. The minimum absolute atomic E-state index is 0.327. The molecule has 20 heavy (non-hydrogen) atoms. The molecule has 0 aliphatic heterocycles. The molecule has 0 saturated carbocycles. The minimum Gasteiger partial charge on any atom is -0.325 e. The van der Waals surface area contributed by atoms with Gasteiger partial charge in [-0.3, -0.25) is 4.98 Å². The Morgan fingerprint density at radius 1 is 1.35 bits per heavy atom. The van der Waals surface area contributed by atoms with Crippen LogP contribution in [0, 0.1) is 13.8 Å². The molecule has 0 fully saturated rings. The standard InChI is InChI=1S/C13H14N6S/c1-8-9(2)20-13(16-8)19-12(11(6-14)17-18-19)10-4-3-5-15-7-10/h3-5,7H,6,14H2,1-2H3. The zero-order chi connectivity index (χ0) is 14.1. The second-order valence-electron chi connectivity index (χ2n) is 4.38. The van der Waals surface area contributed by atoms with Crippen molar-refractivity contribution >= 4 is 11.3 Å². The summed E-state index contributed by atoms with van der Waals surface area (Å²) in [5.41, 5.74) is 9.30. The topological polar surface area (TPSA) is 82.5 Å². The van der Waals surface area contributed by atoms with Crippen LogP contribution in [0.5, 0.6) is 0 Å². The molecule has 0 bridgehead atoms. The first-order valence-electron chi connectivity index (χ1n) is 6.20. The minimum atomic E-state index is 0.327. The predicted octanol–water partition coefficient (Wildman–Crippen LogP) is 1.86. The lowest BCUT2D eigenvalue weighted by molar-refractivity contribution is 0.792. The molecule has 0 aromatic carbocycles. The van der Waals surface area contributed by atoms with Crippen LogP contribution in [0.4, 0.5) is 0 Å². The maximum absolute atomic E-state index is 5.76. The maximum atomic E-state index is 5.76. The quantitative estimate of drug-likeness (QED) is 0.794. The molecule has 0 spiro atoms. The molecule has 6 nitrogen and oxygen atoms in total. The second kappa shape index (κ2) is 5.10. The van der Waals surface area contributed by atoms with Crippen molar-refractivity contribution in [3.05, 3.63) is 40.8 Å². The second-order valence-corrected chi connectivity index (χ2v) is 5.56. The zero-order valence-corrected chi connectivity index (χ0v) is 12.1. The van der Waals surface area contributed by atoms with Crippen molar-refractivity contribution in [1.29, 1.82) is 0 Å². The van der Waals surface area contributed by atoms with Crippen molar-refractivity contribution in [2.24, 2.45) is 5.73 Å². The summed E-state index contributed by atoms with van der Waals surface area (Å²) in [4.78, 5) is 9.85. The van der Waals surface area contributed by atoms with E-state index in [0.29, 0.717) is 6.54 Å². The Morgan fingerprint density at radius 2 is 2.20 bits per heavy atom. The number of nitrogens with two attached hydrogens (primary N) is 1. The molecule has 0 unspecified atom stereocenters. The molecule has 0 amide bonds. The number of pyridine rings is 1. The van der Waals surface area contributed by atoms with E-state index in [1.807, 2.05) is 26.0 Å². The molecule has 3 aromatic rings. The van der Waals surface area contributed by atoms with Gasteiger partial charge in [-0.25, -0.2) is 4.98 Å². The molecular weight excluding hydrogens is 272 g/mol. The molecule has 3 aromatic heterocycles. The van der Waals surface area contributed by atoms with Gasteiger partial charge in [-0.05, 0) is 26.0 Å². The average molecular weight is 286 g/mol. The lowest BCUT2D eigenvalue weighted by atomic mass is 10.1. The Hall–Kier alpha value is -2.12. The number of rotatable bonds is 3. The fourth-order valence-electron chi connectivity index (χ4n) is 1.92. The molecule has 7 heteroatoms. The lowest BCUT2D eigenvalue weighted by Crippen LogP contribution is -2.02. The highest BCUT2D eigenvalue weighted by Gasteiger charge is 2.18. The van der Waals surface area contributed by atoms with Gasteiger partial charge in [0.05, 0.1) is 5.69 Å². The summed E-state index contributed by atoms with van der Waals surface area (Å²) in [7, 11) is 0. The van der Waals surface area contributed by atoms with Crippen LogP contribution in [0.15, 0.2) is 24.5 Å². The smallest absolute Gasteiger partial charge is 0.212 e. The molecule has 102 valence electrons. The van der Waals surface area contributed by atoms with E-state index in [1.165, 1.54) is 4.88 Å². The third kappa shape index (κ3) is 2.10. The number of hydrogen-bond acceptors (Lipinski definition) is 6. The van der Waals surface area contributed by atoms with Crippen LogP contribution in [0.1, 0.15) is 16.3 Å². The summed E-state index contributed by atoms with van der Waals surface area (Å²) in [5, 5.41) is 9.15. The van der Waals surface area contributed by atoms with Gasteiger partial charge in [0, 0.05) is 29.4 Å². The van der Waals surface area contributed by atoms with E-state index in [-0.39, 0.29) is 0 Å². The number of aromatic nitrogens is 5. The largest absolute Gasteiger partial charge is 0.325 e. The summed E-state index contributed by atoms with van der Waals surface area (Å²) in [6.45, 7) is 4.36. The maximum Gasteiger partial charge on any atom is 0.212 e. The van der Waals surface area contributed by atoms with E-state index in [9.17, 15) is 0 Å². The molecule has 3 rings (SSSR count). The van der Waals surface area contributed by atoms with E-state index >= 15 is 0 Å². The van der Waals surface area contributed by atoms with Gasteiger partial charge < -0.3 is 5.73 Å². The molecule has 0 aliphatic carbocycles. The molecule has 0 atom stereocenters. The first-order valence-corrected chi connectivity index (χ1v) is 7.01. The van der Waals surface area contributed by atoms with E-state index in [4.69, 9.17) is 5.73 Å². The third-order valence-corrected chi connectivity index (χ3v) is 4.12. The van der Waals surface area contributed by atoms with Crippen LogP contribution in [0.3, 0.4) is 0 Å². The van der Waals surface area contributed by atoms with Crippen LogP contribution < -0.4 is 5.73 Å². The molecule has 0 saturated heterocycles. The Bertz CT molecular complexity index is 711. The Kier molecular flexibility index (Phi) is 3.29. The summed E-state index contributed by atoms with van der Waals surface area (Å²) in [5.74, 6) is 0. The number of nitrogens with zero attached hydrogens (tertiary/aromatic N) is 5. The number of aryl methyl sites for hydroxylation is 2. The number of thiazole rings is 1. The SMILES string of the molecule is Cc1nc(-n2nnc(CN)c2-c2cccnc2)sc1C. The van der Waals surface area contributed by atoms with Crippen LogP contribution in [0.2, 0.25) is 0 Å². The molecule has 2 N–H and O–H groups in total. The molecular formula is C13H14N6S. The Morgan fingerprint density at radius 3 is 2.80 bits per heavy atom. The number of hydrogen-bond donors (Lipinski definition) is 1. The summed E-state index contributed by atoms with van der Waals surface area (Å²) in [6, 6.07) is 3.85. The average Bonchev–Trinajstić information content (AvgIpc) is 3.04.